The van der Waals surface area contributed by atoms with E-state index in [1.54, 1.807) is 0 Å². The molecule has 0 saturated carbocycles. The van der Waals surface area contributed by atoms with E-state index in [0.717, 1.165) is 83.7 Å². The van der Waals surface area contributed by atoms with Crippen LogP contribution in [0.3, 0.4) is 0 Å². The van der Waals surface area contributed by atoms with Crippen LogP contribution in [-0.4, -0.2) is 53.0 Å². The monoisotopic (exact) mass is 543 g/mol. The van der Waals surface area contributed by atoms with Crippen LogP contribution in [0.4, 0.5) is 0 Å². The van der Waals surface area contributed by atoms with Crippen LogP contribution in [0.25, 0.3) is 0 Å². The summed E-state index contributed by atoms with van der Waals surface area (Å²) < 4.78 is 6.10. The smallest absolute Gasteiger partial charge is 0.135 e. The Morgan fingerprint density at radius 3 is 1.45 bits per heavy atom. The lowest BCUT2D eigenvalue weighted by Gasteiger charge is -2.17. The molecule has 5 unspecified atom stereocenters. The van der Waals surface area contributed by atoms with E-state index in [4.69, 9.17) is 16.2 Å². The van der Waals surface area contributed by atoms with Crippen molar-refractivity contribution in [2.45, 2.75) is 192 Å². The van der Waals surface area contributed by atoms with Gasteiger partial charge in [-0.15, -0.1) is 0 Å². The van der Waals surface area contributed by atoms with Crippen molar-refractivity contribution in [1.29, 1.82) is 0 Å². The highest BCUT2D eigenvalue weighted by atomic mass is 16.5. The van der Waals surface area contributed by atoms with Gasteiger partial charge in [0, 0.05) is 31.5 Å². The average molecular weight is 543 g/mol. The van der Waals surface area contributed by atoms with Crippen molar-refractivity contribution < 1.29 is 19.7 Å². The zero-order valence-corrected chi connectivity index (χ0v) is 25.5. The van der Waals surface area contributed by atoms with Gasteiger partial charge in [-0.25, -0.2) is 0 Å². The fourth-order valence-electron chi connectivity index (χ4n) is 4.87. The molecule has 0 amide bonds. The minimum atomic E-state index is -0.394. The minimum Gasteiger partial charge on any atom is -0.392 e. The molecule has 0 fully saturated rings. The lowest BCUT2D eigenvalue weighted by molar-refractivity contribution is -0.122. The zero-order chi connectivity index (χ0) is 28.4. The van der Waals surface area contributed by atoms with E-state index in [9.17, 15) is 15.0 Å². The molecule has 0 aromatic carbocycles. The largest absolute Gasteiger partial charge is 0.392 e. The van der Waals surface area contributed by atoms with Gasteiger partial charge in [0.25, 0.3) is 0 Å². The molecule has 0 aromatic heterocycles. The predicted molar refractivity (Wildman–Crippen MR) is 161 cm³/mol. The van der Waals surface area contributed by atoms with E-state index in [1.165, 1.54) is 51.4 Å². The predicted octanol–water partition coefficient (Wildman–Crippen LogP) is 6.96. The van der Waals surface area contributed by atoms with Crippen LogP contribution in [0.1, 0.15) is 162 Å². The Morgan fingerprint density at radius 1 is 0.632 bits per heavy atom. The third-order valence-corrected chi connectivity index (χ3v) is 7.75. The Kier molecular flexibility index (Phi) is 26.3. The maximum atomic E-state index is 12.6. The highest BCUT2D eigenvalue weighted by Gasteiger charge is 2.14. The first-order valence-electron chi connectivity index (χ1n) is 16.3. The number of Topliss-reactive ketones (excluding diaryl/α,β-unsaturated/α-hetero) is 1. The first kappa shape index (κ1) is 37.5. The van der Waals surface area contributed by atoms with Gasteiger partial charge in [0.1, 0.15) is 5.78 Å². The molecule has 0 aromatic rings. The summed E-state index contributed by atoms with van der Waals surface area (Å²) in [4.78, 5) is 12.6. The molecule has 0 saturated heterocycles. The summed E-state index contributed by atoms with van der Waals surface area (Å²) in [6, 6.07) is -0.272. The van der Waals surface area contributed by atoms with E-state index < -0.39 is 6.10 Å². The third-order valence-electron chi connectivity index (χ3n) is 7.75. The van der Waals surface area contributed by atoms with Crippen molar-refractivity contribution in [1.82, 2.24) is 0 Å². The van der Waals surface area contributed by atoms with Crippen LogP contribution in [0.5, 0.6) is 0 Å². The maximum Gasteiger partial charge on any atom is 0.135 e. The summed E-state index contributed by atoms with van der Waals surface area (Å²) in [7, 11) is 0. The van der Waals surface area contributed by atoms with E-state index in [2.05, 4.69) is 6.92 Å². The van der Waals surface area contributed by atoms with Crippen LogP contribution < -0.4 is 11.5 Å². The fraction of sp³-hybridized carbons (Fsp3) is 0.969. The molecular formula is C32H66N2O4. The van der Waals surface area contributed by atoms with E-state index >= 15 is 0 Å². The number of carbonyl (C=O) groups excluding carboxylic acids is 1. The third kappa shape index (κ3) is 24.5. The van der Waals surface area contributed by atoms with Crippen LogP contribution in [0, 0.1) is 0 Å². The van der Waals surface area contributed by atoms with Crippen molar-refractivity contribution in [3.63, 3.8) is 0 Å². The van der Waals surface area contributed by atoms with Crippen LogP contribution >= 0.6 is 0 Å². The minimum absolute atomic E-state index is 0.0922. The molecule has 0 spiro atoms. The molecule has 0 heterocycles. The van der Waals surface area contributed by atoms with Gasteiger partial charge in [0.05, 0.1) is 18.3 Å². The van der Waals surface area contributed by atoms with E-state index in [0.29, 0.717) is 18.6 Å². The Morgan fingerprint density at radius 2 is 1.03 bits per heavy atom. The van der Waals surface area contributed by atoms with Gasteiger partial charge in [-0.2, -0.15) is 0 Å². The number of hydrogen-bond acceptors (Lipinski definition) is 6. The highest BCUT2D eigenvalue weighted by molar-refractivity contribution is 5.78. The highest BCUT2D eigenvalue weighted by Crippen LogP contribution is 2.17. The number of rotatable bonds is 29. The summed E-state index contributed by atoms with van der Waals surface area (Å²) in [6.07, 6.45) is 23.0. The Bertz CT molecular complexity index is 516. The molecule has 6 N–H and O–H groups in total. The van der Waals surface area contributed by atoms with Gasteiger partial charge in [-0.1, -0.05) is 103 Å². The first-order chi connectivity index (χ1) is 18.3. The number of carbonyl (C=O) groups is 1. The summed E-state index contributed by atoms with van der Waals surface area (Å²) in [5.74, 6) is 0.353. The van der Waals surface area contributed by atoms with Gasteiger partial charge in [0.15, 0.2) is 0 Å². The van der Waals surface area contributed by atoms with Crippen LogP contribution in [0.2, 0.25) is 0 Å². The first-order valence-corrected chi connectivity index (χ1v) is 16.3. The second kappa shape index (κ2) is 26.7. The molecular weight excluding hydrogens is 476 g/mol. The number of aliphatic hydroxyl groups is 2. The fourth-order valence-corrected chi connectivity index (χ4v) is 4.87. The van der Waals surface area contributed by atoms with Crippen LogP contribution in [-0.2, 0) is 9.53 Å². The van der Waals surface area contributed by atoms with Crippen molar-refractivity contribution >= 4 is 5.78 Å². The summed E-state index contributed by atoms with van der Waals surface area (Å²) in [5.41, 5.74) is 11.4. The molecule has 0 radical (unpaired) electrons. The van der Waals surface area contributed by atoms with Crippen molar-refractivity contribution in [3.05, 3.63) is 0 Å². The van der Waals surface area contributed by atoms with E-state index in [-0.39, 0.29) is 24.3 Å². The summed E-state index contributed by atoms with van der Waals surface area (Å²) >= 11 is 0. The number of ether oxygens (including phenoxy) is 1. The quantitative estimate of drug-likeness (QED) is 0.0759. The second-order valence-corrected chi connectivity index (χ2v) is 11.9. The Balaban J connectivity index is 3.82. The molecule has 0 aliphatic heterocycles. The van der Waals surface area contributed by atoms with Crippen molar-refractivity contribution in [2.24, 2.45) is 11.5 Å². The molecule has 0 aliphatic rings. The van der Waals surface area contributed by atoms with Gasteiger partial charge >= 0.3 is 0 Å². The molecule has 0 rings (SSSR count). The topological polar surface area (TPSA) is 119 Å². The van der Waals surface area contributed by atoms with E-state index in [1.807, 2.05) is 13.8 Å². The van der Waals surface area contributed by atoms with Crippen molar-refractivity contribution in [3.8, 4) is 0 Å². The zero-order valence-electron chi connectivity index (χ0n) is 25.5. The molecule has 0 bridgehead atoms. The molecule has 6 heteroatoms. The van der Waals surface area contributed by atoms with Crippen molar-refractivity contribution in [2.75, 3.05) is 6.61 Å². The number of aliphatic hydroxyl groups excluding tert-OH is 2. The number of unbranched alkanes of at least 4 members (excludes halogenated alkanes) is 14. The molecule has 228 valence electrons. The molecule has 5 atom stereocenters. The number of hydrogen-bond donors (Lipinski definition) is 4. The molecule has 6 nitrogen and oxygen atoms in total. The SMILES string of the molecule is CCCCOC(CCCCCCCCCCCCC(O)C(C)N)CC(=O)CCCCCCCC(O)C(C)N. The normalized spacial score (nSPS) is 15.8. The van der Waals surface area contributed by atoms with Gasteiger partial charge < -0.3 is 26.4 Å². The summed E-state index contributed by atoms with van der Waals surface area (Å²) in [5, 5.41) is 19.5. The number of ketones is 1. The second-order valence-electron chi connectivity index (χ2n) is 11.9. The van der Waals surface area contributed by atoms with Gasteiger partial charge in [-0.05, 0) is 46.0 Å². The van der Waals surface area contributed by atoms with Gasteiger partial charge in [-0.3, -0.25) is 4.79 Å². The Hall–Kier alpha value is -0.530. The maximum absolute atomic E-state index is 12.6. The van der Waals surface area contributed by atoms with Gasteiger partial charge in [0.2, 0.25) is 0 Å². The lowest BCUT2D eigenvalue weighted by Crippen LogP contribution is -2.31. The average Bonchev–Trinajstić information content (AvgIpc) is 2.88. The standard InChI is InChI=1S/C32H66N2O4/c1-4-5-25-38-30(26-29(35)21-17-13-12-16-20-24-32(37)28(3)34)22-18-14-10-8-6-7-9-11-15-19-23-31(36)27(2)33/h27-28,30-32,36-37H,4-26,33-34H2,1-3H3. The van der Waals surface area contributed by atoms with Crippen LogP contribution in [0.15, 0.2) is 0 Å². The summed E-state index contributed by atoms with van der Waals surface area (Å²) in [6.45, 7) is 6.66. The lowest BCUT2D eigenvalue weighted by atomic mass is 10.00. The Labute approximate surface area is 236 Å². The number of nitrogens with two attached hydrogens (primary N) is 2. The molecule has 38 heavy (non-hydrogen) atoms. The molecule has 0 aliphatic carbocycles.